The van der Waals surface area contributed by atoms with Gasteiger partial charge in [-0.2, -0.15) is 10.2 Å². The Morgan fingerprint density at radius 3 is 2.78 bits per heavy atom. The van der Waals surface area contributed by atoms with Crippen LogP contribution in [0.4, 0.5) is 0 Å². The molecule has 0 amide bonds. The number of hydrogen-bond acceptors (Lipinski definition) is 4. The van der Waals surface area contributed by atoms with E-state index in [1.165, 1.54) is 26.8 Å². The molecule has 0 saturated heterocycles. The van der Waals surface area contributed by atoms with Crippen LogP contribution < -0.4 is 0 Å². The summed E-state index contributed by atoms with van der Waals surface area (Å²) in [5, 5.41) is 12.1. The molecule has 27 heavy (non-hydrogen) atoms. The van der Waals surface area contributed by atoms with Crippen molar-refractivity contribution < 1.29 is 0 Å². The molecule has 0 spiro atoms. The minimum atomic E-state index is 0.406. The van der Waals surface area contributed by atoms with Crippen LogP contribution in [-0.2, 0) is 6.54 Å². The zero-order chi connectivity index (χ0) is 18.4. The number of hydrogen-bond donors (Lipinski definition) is 0. The monoisotopic (exact) mass is 371 g/mol. The number of benzene rings is 2. The van der Waals surface area contributed by atoms with E-state index in [1.807, 2.05) is 24.3 Å². The van der Waals surface area contributed by atoms with Crippen molar-refractivity contribution in [1.82, 2.24) is 15.1 Å². The fourth-order valence-electron chi connectivity index (χ4n) is 4.03. The lowest BCUT2D eigenvalue weighted by atomic mass is 9.83. The van der Waals surface area contributed by atoms with E-state index in [9.17, 15) is 0 Å². The summed E-state index contributed by atoms with van der Waals surface area (Å²) < 4.78 is 1.37. The van der Waals surface area contributed by atoms with Crippen molar-refractivity contribution in [1.29, 1.82) is 0 Å². The van der Waals surface area contributed by atoms with Crippen LogP contribution in [-0.4, -0.2) is 28.7 Å². The van der Waals surface area contributed by atoms with Crippen LogP contribution in [0.2, 0.25) is 0 Å². The Kier molecular flexibility index (Phi) is 4.03. The Hall–Kier alpha value is -2.56. The van der Waals surface area contributed by atoms with Gasteiger partial charge in [-0.05, 0) is 71.8 Å². The van der Waals surface area contributed by atoms with Crippen LogP contribution in [0, 0.1) is 6.92 Å². The zero-order valence-corrected chi connectivity index (χ0v) is 16.3. The quantitative estimate of drug-likeness (QED) is 0.482. The molecule has 3 nitrogen and oxygen atoms in total. The first-order chi connectivity index (χ1) is 13.2. The summed E-state index contributed by atoms with van der Waals surface area (Å²) in [6.45, 7) is 3.99. The van der Waals surface area contributed by atoms with Crippen molar-refractivity contribution in [3.8, 4) is 11.3 Å². The Balaban J connectivity index is 1.57. The van der Waals surface area contributed by atoms with Gasteiger partial charge in [-0.3, -0.25) is 0 Å². The van der Waals surface area contributed by atoms with E-state index in [0.717, 1.165) is 30.0 Å². The minimum Gasteiger partial charge on any atom is -0.301 e. The summed E-state index contributed by atoms with van der Waals surface area (Å²) in [5.41, 5.74) is 7.26. The maximum absolute atomic E-state index is 4.36. The first-order valence-electron chi connectivity index (χ1n) is 9.26. The molecule has 4 heteroatoms. The average molecular weight is 372 g/mol. The standard InChI is InChI=1S/C23H21N3S/c1-15-3-8-22(25-24-15)18-6-7-20-19(11-18)13-26(2)14-21(20)17-5-4-16-9-10-27-23(16)12-17/h3-12,21H,13-14H2,1-2H3. The van der Waals surface area contributed by atoms with Gasteiger partial charge < -0.3 is 4.90 Å². The Morgan fingerprint density at radius 1 is 1.00 bits per heavy atom. The van der Waals surface area contributed by atoms with E-state index in [1.54, 1.807) is 0 Å². The van der Waals surface area contributed by atoms with Gasteiger partial charge in [-0.25, -0.2) is 0 Å². The molecule has 2 aromatic heterocycles. The topological polar surface area (TPSA) is 29.0 Å². The molecule has 1 aliphatic rings. The largest absolute Gasteiger partial charge is 0.301 e. The van der Waals surface area contributed by atoms with Crippen LogP contribution in [0.3, 0.4) is 0 Å². The van der Waals surface area contributed by atoms with Crippen LogP contribution in [0.1, 0.15) is 28.3 Å². The van der Waals surface area contributed by atoms with Gasteiger partial charge in [0.2, 0.25) is 0 Å². The number of aromatic nitrogens is 2. The third-order valence-electron chi connectivity index (χ3n) is 5.43. The van der Waals surface area contributed by atoms with Crippen LogP contribution in [0.15, 0.2) is 60.0 Å². The van der Waals surface area contributed by atoms with Crippen molar-refractivity contribution in [3.63, 3.8) is 0 Å². The molecule has 2 aromatic carbocycles. The fraction of sp³-hybridized carbons (Fsp3) is 0.217. The maximum Gasteiger partial charge on any atom is 0.0929 e. The van der Waals surface area contributed by atoms with Gasteiger partial charge in [-0.15, -0.1) is 11.3 Å². The summed E-state index contributed by atoms with van der Waals surface area (Å²) in [6.07, 6.45) is 0. The molecule has 4 aromatic rings. The molecule has 3 heterocycles. The van der Waals surface area contributed by atoms with Crippen molar-refractivity contribution >= 4 is 21.4 Å². The third kappa shape index (κ3) is 3.05. The van der Waals surface area contributed by atoms with Gasteiger partial charge in [0.05, 0.1) is 11.4 Å². The molecule has 0 fully saturated rings. The highest BCUT2D eigenvalue weighted by Gasteiger charge is 2.25. The summed E-state index contributed by atoms with van der Waals surface area (Å²) in [7, 11) is 2.21. The van der Waals surface area contributed by atoms with Gasteiger partial charge in [0.25, 0.3) is 0 Å². The molecule has 5 rings (SSSR count). The second-order valence-electron chi connectivity index (χ2n) is 7.44. The van der Waals surface area contributed by atoms with E-state index < -0.39 is 0 Å². The highest BCUT2D eigenvalue weighted by Crippen LogP contribution is 2.36. The van der Waals surface area contributed by atoms with Gasteiger partial charge in [-0.1, -0.05) is 24.3 Å². The summed E-state index contributed by atoms with van der Waals surface area (Å²) >= 11 is 1.82. The molecule has 0 N–H and O–H groups in total. The second kappa shape index (κ2) is 6.55. The number of aryl methyl sites for hydroxylation is 1. The highest BCUT2D eigenvalue weighted by atomic mass is 32.1. The second-order valence-corrected chi connectivity index (χ2v) is 8.39. The van der Waals surface area contributed by atoms with Crippen molar-refractivity contribution in [3.05, 3.63) is 82.4 Å². The summed E-state index contributed by atoms with van der Waals surface area (Å²) in [5.74, 6) is 0.406. The third-order valence-corrected chi connectivity index (χ3v) is 6.31. The molecule has 0 radical (unpaired) electrons. The van der Waals surface area contributed by atoms with Crippen LogP contribution in [0.25, 0.3) is 21.3 Å². The molecule has 1 unspecified atom stereocenters. The predicted molar refractivity (Wildman–Crippen MR) is 112 cm³/mol. The van der Waals surface area contributed by atoms with Gasteiger partial charge in [0.1, 0.15) is 0 Å². The van der Waals surface area contributed by atoms with Crippen molar-refractivity contribution in [2.45, 2.75) is 19.4 Å². The minimum absolute atomic E-state index is 0.406. The normalized spacial score (nSPS) is 17.2. The van der Waals surface area contributed by atoms with Crippen LogP contribution in [0.5, 0.6) is 0 Å². The predicted octanol–water partition coefficient (Wildman–Crippen LogP) is 5.24. The maximum atomic E-state index is 4.36. The average Bonchev–Trinajstić information content (AvgIpc) is 3.15. The molecule has 1 atom stereocenters. The molecular weight excluding hydrogens is 350 g/mol. The van der Waals surface area contributed by atoms with Gasteiger partial charge in [0, 0.05) is 29.3 Å². The summed E-state index contributed by atoms with van der Waals surface area (Å²) in [6, 6.07) is 20.0. The molecule has 134 valence electrons. The number of thiophene rings is 1. The zero-order valence-electron chi connectivity index (χ0n) is 15.5. The molecule has 0 bridgehead atoms. The van der Waals surface area contributed by atoms with E-state index in [0.29, 0.717) is 5.92 Å². The first kappa shape index (κ1) is 16.6. The number of rotatable bonds is 2. The lowest BCUT2D eigenvalue weighted by Crippen LogP contribution is -2.31. The van der Waals surface area contributed by atoms with Crippen molar-refractivity contribution in [2.75, 3.05) is 13.6 Å². The molecular formula is C23H21N3S. The van der Waals surface area contributed by atoms with Crippen LogP contribution >= 0.6 is 11.3 Å². The first-order valence-corrected chi connectivity index (χ1v) is 10.1. The van der Waals surface area contributed by atoms with E-state index >= 15 is 0 Å². The Bertz CT molecular complexity index is 1110. The molecule has 1 aliphatic heterocycles. The Morgan fingerprint density at radius 2 is 1.93 bits per heavy atom. The molecule has 0 aliphatic carbocycles. The summed E-state index contributed by atoms with van der Waals surface area (Å²) in [4.78, 5) is 2.41. The number of nitrogens with zero attached hydrogens (tertiary/aromatic N) is 3. The number of likely N-dealkylation sites (N-methyl/N-ethyl adjacent to an activating group) is 1. The SMILES string of the molecule is Cc1ccc(-c2ccc3c(c2)CN(C)CC3c2ccc3ccsc3c2)nn1. The Labute approximate surface area is 163 Å². The number of fused-ring (bicyclic) bond motifs is 2. The highest BCUT2D eigenvalue weighted by molar-refractivity contribution is 7.17. The van der Waals surface area contributed by atoms with E-state index in [2.05, 4.69) is 76.1 Å². The lowest BCUT2D eigenvalue weighted by Gasteiger charge is -2.33. The van der Waals surface area contributed by atoms with E-state index in [4.69, 9.17) is 0 Å². The van der Waals surface area contributed by atoms with Crippen molar-refractivity contribution in [2.24, 2.45) is 0 Å². The van der Waals surface area contributed by atoms with Gasteiger partial charge >= 0.3 is 0 Å². The van der Waals surface area contributed by atoms with E-state index in [-0.39, 0.29) is 0 Å². The smallest absolute Gasteiger partial charge is 0.0929 e. The van der Waals surface area contributed by atoms with Gasteiger partial charge in [0.15, 0.2) is 0 Å². The molecule has 0 saturated carbocycles. The fourth-order valence-corrected chi connectivity index (χ4v) is 4.87. The lowest BCUT2D eigenvalue weighted by molar-refractivity contribution is 0.295.